The minimum Gasteiger partial charge on any atom is -0.360 e. The van der Waals surface area contributed by atoms with Gasteiger partial charge in [0.05, 0.1) is 11.6 Å². The first-order valence-electron chi connectivity index (χ1n) is 10.9. The monoisotopic (exact) mass is 367 g/mol. The second kappa shape index (κ2) is 5.83. The summed E-state index contributed by atoms with van der Waals surface area (Å²) in [5.41, 5.74) is 1.72. The van der Waals surface area contributed by atoms with Crippen LogP contribution in [-0.2, 0) is 16.0 Å². The number of benzene rings is 1. The zero-order valence-corrected chi connectivity index (χ0v) is 17.2. The molecule has 2 aliphatic carbocycles. The van der Waals surface area contributed by atoms with Crippen molar-refractivity contribution in [2.24, 2.45) is 29.1 Å². The number of carbonyl (C=O) groups is 1. The normalized spacial score (nSPS) is 44.0. The van der Waals surface area contributed by atoms with Gasteiger partial charge in [-0.2, -0.15) is 0 Å². The number of fused-ring (bicyclic) bond motifs is 3. The van der Waals surface area contributed by atoms with Crippen LogP contribution in [0.2, 0.25) is 0 Å². The molecule has 4 fully saturated rings. The molecule has 1 aromatic carbocycles. The topological polar surface area (TPSA) is 29.5 Å². The Kier molecular flexibility index (Phi) is 3.82. The van der Waals surface area contributed by atoms with Crippen molar-refractivity contribution in [3.8, 4) is 0 Å². The van der Waals surface area contributed by atoms with Gasteiger partial charge in [-0.15, -0.1) is 0 Å². The van der Waals surface area contributed by atoms with Crippen molar-refractivity contribution in [3.05, 3.63) is 35.9 Å². The third kappa shape index (κ3) is 2.46. The molecule has 2 heterocycles. The van der Waals surface area contributed by atoms with E-state index in [-0.39, 0.29) is 23.7 Å². The van der Waals surface area contributed by atoms with E-state index in [0.717, 1.165) is 37.6 Å². The van der Waals surface area contributed by atoms with Gasteiger partial charge in [0.25, 0.3) is 5.91 Å². The Morgan fingerprint density at radius 2 is 1.85 bits per heavy atom. The minimum absolute atomic E-state index is 0.135. The molecule has 4 aliphatic rings. The van der Waals surface area contributed by atoms with Crippen molar-refractivity contribution in [1.29, 1.82) is 0 Å². The molecular formula is C24H33NO2. The second-order valence-electron chi connectivity index (χ2n) is 10.3. The summed E-state index contributed by atoms with van der Waals surface area (Å²) in [7, 11) is 0. The molecule has 2 saturated carbocycles. The molecule has 5 rings (SSSR count). The van der Waals surface area contributed by atoms with E-state index < -0.39 is 0 Å². The number of hydrogen-bond donors (Lipinski definition) is 0. The summed E-state index contributed by atoms with van der Waals surface area (Å²) >= 11 is 0. The highest BCUT2D eigenvalue weighted by molar-refractivity contribution is 5.89. The Balaban J connectivity index is 1.49. The predicted molar refractivity (Wildman–Crippen MR) is 106 cm³/mol. The number of rotatable bonds is 4. The number of β-lactam (4-membered cyclic amide) rings is 1. The maximum Gasteiger partial charge on any atom is 0.254 e. The van der Waals surface area contributed by atoms with E-state index in [1.165, 1.54) is 12.0 Å². The van der Waals surface area contributed by atoms with Crippen molar-refractivity contribution in [2.45, 2.75) is 71.1 Å². The molecule has 146 valence electrons. The summed E-state index contributed by atoms with van der Waals surface area (Å²) in [4.78, 5) is 14.9. The lowest BCUT2D eigenvalue weighted by Gasteiger charge is -2.62. The summed E-state index contributed by atoms with van der Waals surface area (Å²) in [5, 5.41) is 0. The fourth-order valence-electron chi connectivity index (χ4n) is 6.90. The van der Waals surface area contributed by atoms with Gasteiger partial charge in [0.2, 0.25) is 0 Å². The van der Waals surface area contributed by atoms with Crippen LogP contribution < -0.4 is 0 Å². The van der Waals surface area contributed by atoms with Crippen LogP contribution in [0.3, 0.4) is 0 Å². The summed E-state index contributed by atoms with van der Waals surface area (Å²) < 4.78 is 6.63. The number of amides is 1. The molecule has 1 amide bonds. The molecule has 0 bridgehead atoms. The predicted octanol–water partition coefficient (Wildman–Crippen LogP) is 4.31. The summed E-state index contributed by atoms with van der Waals surface area (Å²) in [6.07, 6.45) is 4.28. The Bertz CT molecular complexity index is 744. The van der Waals surface area contributed by atoms with Crippen molar-refractivity contribution < 1.29 is 9.53 Å². The average molecular weight is 368 g/mol. The van der Waals surface area contributed by atoms with Crippen LogP contribution in [0.4, 0.5) is 0 Å². The molecule has 2 saturated heterocycles. The fraction of sp³-hybridized carbons (Fsp3) is 0.708. The first kappa shape index (κ1) is 17.7. The molecule has 2 aliphatic heterocycles. The lowest BCUT2D eigenvalue weighted by molar-refractivity contribution is -0.255. The highest BCUT2D eigenvalue weighted by Crippen LogP contribution is 2.70. The zero-order valence-electron chi connectivity index (χ0n) is 17.2. The van der Waals surface area contributed by atoms with Gasteiger partial charge in [0.1, 0.15) is 0 Å². The van der Waals surface area contributed by atoms with Crippen molar-refractivity contribution in [3.63, 3.8) is 0 Å². The number of carbonyl (C=O) groups excluding carboxylic acids is 1. The SMILES string of the molecule is CCCN1C(=O)[C@@H]2O[C@]3(C)C[C@H]4[C@@H](C[C@@H]3[C@@H](Cc3ccccc3)[C@@H]21)C4(C)C. The maximum absolute atomic E-state index is 12.8. The van der Waals surface area contributed by atoms with Gasteiger partial charge >= 0.3 is 0 Å². The standard InChI is InChI=1S/C24H33NO2/c1-5-11-25-20-16(12-15-9-7-6-8-10-15)17-13-18-19(23(18,2)3)14-24(17,4)27-21(20)22(25)26/h6-10,16-21H,5,11-14H2,1-4H3/t16-,17-,18-,19+,20+,21-,24-/m1/s1. The first-order chi connectivity index (χ1) is 12.9. The highest BCUT2D eigenvalue weighted by atomic mass is 16.5. The number of ether oxygens (including phenoxy) is 1. The summed E-state index contributed by atoms with van der Waals surface area (Å²) in [6, 6.07) is 11.1. The fourth-order valence-corrected chi connectivity index (χ4v) is 6.90. The van der Waals surface area contributed by atoms with Gasteiger partial charge in [-0.05, 0) is 67.3 Å². The molecule has 0 spiro atoms. The van der Waals surface area contributed by atoms with E-state index in [0.29, 0.717) is 17.3 Å². The van der Waals surface area contributed by atoms with Crippen LogP contribution >= 0.6 is 0 Å². The van der Waals surface area contributed by atoms with Crippen LogP contribution in [0.15, 0.2) is 30.3 Å². The third-order valence-corrected chi connectivity index (χ3v) is 8.53. The summed E-state index contributed by atoms with van der Waals surface area (Å²) in [6.45, 7) is 10.2. The number of nitrogens with zero attached hydrogens (tertiary/aromatic N) is 1. The van der Waals surface area contributed by atoms with E-state index in [1.807, 2.05) is 0 Å². The molecule has 0 aromatic heterocycles. The van der Waals surface area contributed by atoms with E-state index in [9.17, 15) is 4.79 Å². The van der Waals surface area contributed by atoms with E-state index >= 15 is 0 Å². The van der Waals surface area contributed by atoms with Crippen LogP contribution in [0.25, 0.3) is 0 Å². The van der Waals surface area contributed by atoms with Crippen molar-refractivity contribution in [2.75, 3.05) is 6.54 Å². The van der Waals surface area contributed by atoms with Gasteiger partial charge in [-0.1, -0.05) is 51.1 Å². The molecule has 27 heavy (non-hydrogen) atoms. The largest absolute Gasteiger partial charge is 0.360 e. The van der Waals surface area contributed by atoms with E-state index in [1.54, 1.807) is 0 Å². The van der Waals surface area contributed by atoms with Gasteiger partial charge in [-0.25, -0.2) is 0 Å². The lowest BCUT2D eigenvalue weighted by Crippen LogP contribution is -2.75. The van der Waals surface area contributed by atoms with Crippen LogP contribution in [-0.4, -0.2) is 35.1 Å². The Morgan fingerprint density at radius 3 is 2.56 bits per heavy atom. The van der Waals surface area contributed by atoms with Gasteiger partial charge < -0.3 is 9.64 Å². The molecule has 0 radical (unpaired) electrons. The van der Waals surface area contributed by atoms with Crippen LogP contribution in [0.5, 0.6) is 0 Å². The van der Waals surface area contributed by atoms with Gasteiger partial charge in [0.15, 0.2) is 6.10 Å². The molecular weight excluding hydrogens is 334 g/mol. The van der Waals surface area contributed by atoms with Crippen LogP contribution in [0, 0.1) is 29.1 Å². The van der Waals surface area contributed by atoms with E-state index in [2.05, 4.69) is 62.9 Å². The third-order valence-electron chi connectivity index (χ3n) is 8.53. The molecule has 1 aromatic rings. The highest BCUT2D eigenvalue weighted by Gasteiger charge is 2.70. The smallest absolute Gasteiger partial charge is 0.254 e. The maximum atomic E-state index is 12.8. The molecule has 7 atom stereocenters. The zero-order chi connectivity index (χ0) is 19.0. The molecule has 3 heteroatoms. The Labute approximate surface area is 163 Å². The second-order valence-corrected chi connectivity index (χ2v) is 10.3. The molecule has 0 N–H and O–H groups in total. The summed E-state index contributed by atoms with van der Waals surface area (Å²) in [5.74, 6) is 2.91. The number of likely N-dealkylation sites (tertiary alicyclic amines) is 1. The van der Waals surface area contributed by atoms with Gasteiger partial charge in [0, 0.05) is 6.54 Å². The van der Waals surface area contributed by atoms with Gasteiger partial charge in [-0.3, -0.25) is 4.79 Å². The van der Waals surface area contributed by atoms with E-state index in [4.69, 9.17) is 4.74 Å². The average Bonchev–Trinajstić information content (AvgIpc) is 3.17. The molecule has 0 unspecified atom stereocenters. The van der Waals surface area contributed by atoms with Crippen molar-refractivity contribution >= 4 is 5.91 Å². The Morgan fingerprint density at radius 1 is 1.11 bits per heavy atom. The van der Waals surface area contributed by atoms with Crippen LogP contribution in [0.1, 0.15) is 52.5 Å². The first-order valence-corrected chi connectivity index (χ1v) is 10.9. The molecule has 3 nitrogen and oxygen atoms in total. The lowest BCUT2D eigenvalue weighted by atomic mass is 9.61. The van der Waals surface area contributed by atoms with Crippen molar-refractivity contribution in [1.82, 2.24) is 4.90 Å². The quantitative estimate of drug-likeness (QED) is 0.742. The minimum atomic E-state index is -0.204. The number of hydrogen-bond acceptors (Lipinski definition) is 2. The Hall–Kier alpha value is -1.35.